The van der Waals surface area contributed by atoms with Crippen molar-refractivity contribution in [3.05, 3.63) is 52.5 Å². The molecule has 21 heavy (non-hydrogen) atoms. The van der Waals surface area contributed by atoms with E-state index in [4.69, 9.17) is 0 Å². The highest BCUT2D eigenvalue weighted by atomic mass is 32.1. The van der Waals surface area contributed by atoms with Gasteiger partial charge in [-0.2, -0.15) is 0 Å². The number of aromatic nitrogens is 1. The molecule has 1 aromatic heterocycles. The quantitative estimate of drug-likeness (QED) is 0.873. The van der Waals surface area contributed by atoms with Crippen molar-refractivity contribution in [2.24, 2.45) is 5.92 Å². The van der Waals surface area contributed by atoms with Crippen molar-refractivity contribution in [3.8, 4) is 0 Å². The van der Waals surface area contributed by atoms with Crippen LogP contribution in [0.5, 0.6) is 0 Å². The van der Waals surface area contributed by atoms with Gasteiger partial charge in [0.05, 0.1) is 5.69 Å². The molecular formula is C17H18N2OS. The zero-order valence-electron chi connectivity index (χ0n) is 12.0. The van der Waals surface area contributed by atoms with Gasteiger partial charge in [-0.3, -0.25) is 10.1 Å². The lowest BCUT2D eigenvalue weighted by molar-refractivity contribution is -0.111. The molecule has 0 fully saturated rings. The summed E-state index contributed by atoms with van der Waals surface area (Å²) in [5.74, 6) is 0.595. The molecule has 0 unspecified atom stereocenters. The number of aryl methyl sites for hydroxylation is 1. The zero-order chi connectivity index (χ0) is 14.7. The van der Waals surface area contributed by atoms with Gasteiger partial charge in [-0.05, 0) is 36.8 Å². The van der Waals surface area contributed by atoms with Crippen LogP contribution >= 0.6 is 11.3 Å². The Labute approximate surface area is 128 Å². The third-order valence-corrected chi connectivity index (χ3v) is 4.68. The maximum absolute atomic E-state index is 11.9. The van der Waals surface area contributed by atoms with Crippen molar-refractivity contribution in [1.82, 2.24) is 4.98 Å². The molecule has 1 amide bonds. The second-order valence-corrected chi connectivity index (χ2v) is 6.55. The summed E-state index contributed by atoms with van der Waals surface area (Å²) in [5, 5.41) is 3.59. The minimum Gasteiger partial charge on any atom is -0.298 e. The van der Waals surface area contributed by atoms with Crippen LogP contribution in [0.15, 0.2) is 36.4 Å². The summed E-state index contributed by atoms with van der Waals surface area (Å²) in [4.78, 5) is 17.8. The highest BCUT2D eigenvalue weighted by molar-refractivity contribution is 7.15. The third kappa shape index (κ3) is 3.58. The molecule has 0 spiro atoms. The van der Waals surface area contributed by atoms with Crippen molar-refractivity contribution in [3.63, 3.8) is 0 Å². The number of amides is 1. The van der Waals surface area contributed by atoms with Crippen LogP contribution in [0.3, 0.4) is 0 Å². The van der Waals surface area contributed by atoms with Gasteiger partial charge in [-0.15, -0.1) is 11.3 Å². The second kappa shape index (κ2) is 6.22. The number of rotatable bonds is 3. The summed E-state index contributed by atoms with van der Waals surface area (Å²) in [6, 6.07) is 9.79. The van der Waals surface area contributed by atoms with E-state index in [9.17, 15) is 4.79 Å². The van der Waals surface area contributed by atoms with E-state index in [1.54, 1.807) is 17.4 Å². The molecule has 1 atom stereocenters. The van der Waals surface area contributed by atoms with Crippen molar-refractivity contribution in [2.75, 3.05) is 5.32 Å². The first kappa shape index (κ1) is 14.0. The normalized spacial score (nSPS) is 17.7. The highest BCUT2D eigenvalue weighted by Gasteiger charge is 2.20. The van der Waals surface area contributed by atoms with Crippen LogP contribution in [-0.2, 0) is 17.6 Å². The lowest BCUT2D eigenvalue weighted by Gasteiger charge is -2.15. The lowest BCUT2D eigenvalue weighted by Crippen LogP contribution is -2.09. The fraction of sp³-hybridized carbons (Fsp3) is 0.294. The maximum atomic E-state index is 11.9. The van der Waals surface area contributed by atoms with Gasteiger partial charge < -0.3 is 0 Å². The first-order chi connectivity index (χ1) is 10.2. The summed E-state index contributed by atoms with van der Waals surface area (Å²) in [5.41, 5.74) is 2.18. The van der Waals surface area contributed by atoms with Crippen molar-refractivity contribution in [1.29, 1.82) is 0 Å². The van der Waals surface area contributed by atoms with E-state index in [1.807, 2.05) is 36.4 Å². The summed E-state index contributed by atoms with van der Waals surface area (Å²) in [7, 11) is 0. The Balaban J connectivity index is 1.64. The number of carbonyl (C=O) groups excluding carboxylic acids is 1. The number of anilines is 1. The lowest BCUT2D eigenvalue weighted by atomic mass is 9.93. The second-order valence-electron chi connectivity index (χ2n) is 5.47. The zero-order valence-corrected chi connectivity index (χ0v) is 12.8. The van der Waals surface area contributed by atoms with Crippen LogP contribution in [0.4, 0.5) is 5.13 Å². The number of hydrogen-bond donors (Lipinski definition) is 1. The molecule has 3 rings (SSSR count). The van der Waals surface area contributed by atoms with Crippen LogP contribution in [0, 0.1) is 5.92 Å². The van der Waals surface area contributed by atoms with Gasteiger partial charge in [0.1, 0.15) is 0 Å². The minimum absolute atomic E-state index is 0.127. The number of benzene rings is 1. The Kier molecular flexibility index (Phi) is 4.15. The predicted molar refractivity (Wildman–Crippen MR) is 87.4 cm³/mol. The molecule has 1 aliphatic carbocycles. The van der Waals surface area contributed by atoms with Gasteiger partial charge in [0.2, 0.25) is 5.91 Å². The largest absolute Gasteiger partial charge is 0.298 e. The van der Waals surface area contributed by atoms with Crippen LogP contribution in [0.2, 0.25) is 0 Å². The van der Waals surface area contributed by atoms with E-state index < -0.39 is 0 Å². The number of nitrogens with zero attached hydrogens (tertiary/aromatic N) is 1. The molecule has 108 valence electrons. The average molecular weight is 298 g/mol. The first-order valence-electron chi connectivity index (χ1n) is 7.23. The number of thiazole rings is 1. The van der Waals surface area contributed by atoms with Crippen LogP contribution in [-0.4, -0.2) is 10.9 Å². The fourth-order valence-corrected chi connectivity index (χ4v) is 3.65. The van der Waals surface area contributed by atoms with Gasteiger partial charge in [-0.1, -0.05) is 37.3 Å². The van der Waals surface area contributed by atoms with Gasteiger partial charge in [0, 0.05) is 11.0 Å². The molecule has 0 saturated carbocycles. The smallest absolute Gasteiger partial charge is 0.250 e. The Morgan fingerprint density at radius 2 is 2.19 bits per heavy atom. The molecule has 1 aliphatic rings. The average Bonchev–Trinajstić information content (AvgIpc) is 2.87. The van der Waals surface area contributed by atoms with Gasteiger partial charge in [-0.25, -0.2) is 4.98 Å². The van der Waals surface area contributed by atoms with Crippen molar-refractivity contribution < 1.29 is 4.79 Å². The number of fused-ring (bicyclic) bond motifs is 1. The molecule has 0 radical (unpaired) electrons. The molecule has 1 heterocycles. The van der Waals surface area contributed by atoms with E-state index in [-0.39, 0.29) is 5.91 Å². The van der Waals surface area contributed by atoms with Gasteiger partial charge in [0.15, 0.2) is 5.13 Å². The van der Waals surface area contributed by atoms with Crippen LogP contribution in [0.1, 0.15) is 29.5 Å². The SMILES string of the molecule is C[C@@H]1CCc2nc(NC(=O)/C=C\c3ccccc3)sc2C1. The Morgan fingerprint density at radius 3 is 3.00 bits per heavy atom. The topological polar surface area (TPSA) is 42.0 Å². The molecule has 0 bridgehead atoms. The molecule has 0 saturated heterocycles. The van der Waals surface area contributed by atoms with Gasteiger partial charge >= 0.3 is 0 Å². The molecule has 2 aromatic rings. The Hall–Kier alpha value is -1.94. The number of nitrogens with one attached hydrogen (secondary N) is 1. The first-order valence-corrected chi connectivity index (χ1v) is 8.05. The fourth-order valence-electron chi connectivity index (χ4n) is 2.48. The van der Waals surface area contributed by atoms with Crippen molar-refractivity contribution in [2.45, 2.75) is 26.2 Å². The summed E-state index contributed by atoms with van der Waals surface area (Å²) in [6.45, 7) is 2.27. The molecule has 1 N–H and O–H groups in total. The highest BCUT2D eigenvalue weighted by Crippen LogP contribution is 2.32. The number of hydrogen-bond acceptors (Lipinski definition) is 3. The van der Waals surface area contributed by atoms with Crippen LogP contribution in [0.25, 0.3) is 6.08 Å². The van der Waals surface area contributed by atoms with E-state index in [0.717, 1.165) is 29.5 Å². The van der Waals surface area contributed by atoms with Crippen LogP contribution < -0.4 is 5.32 Å². The Bertz CT molecular complexity index is 661. The maximum Gasteiger partial charge on any atom is 0.250 e. The summed E-state index contributed by atoms with van der Waals surface area (Å²) in [6.07, 6.45) is 6.67. The summed E-state index contributed by atoms with van der Waals surface area (Å²) < 4.78 is 0. The van der Waals surface area contributed by atoms with E-state index in [2.05, 4.69) is 17.2 Å². The molecular weight excluding hydrogens is 280 g/mol. The van der Waals surface area contributed by atoms with Gasteiger partial charge in [0.25, 0.3) is 0 Å². The third-order valence-electron chi connectivity index (χ3n) is 3.64. The number of carbonyl (C=O) groups is 1. The molecule has 3 nitrogen and oxygen atoms in total. The molecule has 1 aromatic carbocycles. The predicted octanol–water partition coefficient (Wildman–Crippen LogP) is 3.92. The van der Waals surface area contributed by atoms with Crippen molar-refractivity contribution >= 4 is 28.5 Å². The Morgan fingerprint density at radius 1 is 1.38 bits per heavy atom. The molecule has 4 heteroatoms. The van der Waals surface area contributed by atoms with E-state index >= 15 is 0 Å². The standard InChI is InChI=1S/C17H18N2OS/c1-12-7-9-14-15(11-12)21-17(18-14)19-16(20)10-8-13-5-3-2-4-6-13/h2-6,8,10,12H,7,9,11H2,1H3,(H,18,19,20)/b10-8-/t12-/m1/s1. The van der Waals surface area contributed by atoms with E-state index in [0.29, 0.717) is 0 Å². The molecule has 0 aliphatic heterocycles. The monoisotopic (exact) mass is 298 g/mol. The summed E-state index contributed by atoms with van der Waals surface area (Å²) >= 11 is 1.61. The van der Waals surface area contributed by atoms with E-state index in [1.165, 1.54) is 17.0 Å². The minimum atomic E-state index is -0.127.